The molecule has 0 saturated heterocycles. The Kier molecular flexibility index (Phi) is 3.72. The number of aromatic nitrogens is 3. The molecule has 9 aromatic carbocycles. The van der Waals surface area contributed by atoms with Crippen molar-refractivity contribution in [2.24, 2.45) is 0 Å². The van der Waals surface area contributed by atoms with Crippen LogP contribution >= 0.6 is 0 Å². The monoisotopic (exact) mass is 747 g/mol. The van der Waals surface area contributed by atoms with Gasteiger partial charge in [0, 0.05) is 49.1 Å². The van der Waals surface area contributed by atoms with Crippen molar-refractivity contribution < 1.29 is 30.2 Å². The first kappa shape index (κ1) is 17.0. The van der Waals surface area contributed by atoms with E-state index in [4.69, 9.17) is 13.7 Å². The SMILES string of the molecule is [2H]c1c([2H])c([2H])c2c(c1[2H])c1c([2H])c([2H])c([2H])c([2H])c1n2-c1c([2H])c([2H])c2c(c1[2H])c1c([2H])c([2H])c([2H])c([2H])c1n2-c1c([2H])c([2H])c([2H])c2c3c([2H])c([2H])c([2H])c([2H])c3n(-c3c(-c4ccccc4)cccc3-c3ccccc3)c12. The minimum atomic E-state index is -0.928. The van der Waals surface area contributed by atoms with Gasteiger partial charge in [-0.3, -0.25) is 0 Å². The lowest BCUT2D eigenvalue weighted by Crippen LogP contribution is -2.04. The van der Waals surface area contributed by atoms with E-state index in [9.17, 15) is 16.4 Å². The van der Waals surface area contributed by atoms with E-state index in [1.165, 1.54) is 4.57 Å². The van der Waals surface area contributed by atoms with Crippen LogP contribution in [0.5, 0.6) is 0 Å². The fourth-order valence-electron chi connectivity index (χ4n) is 7.91. The van der Waals surface area contributed by atoms with Crippen LogP contribution in [0, 0.1) is 0 Å². The highest BCUT2D eigenvalue weighted by atomic mass is 15.1. The van der Waals surface area contributed by atoms with Crippen LogP contribution < -0.4 is 0 Å². The van der Waals surface area contributed by atoms with Crippen LogP contribution in [0.1, 0.15) is 30.2 Å². The van der Waals surface area contributed by atoms with Crippen LogP contribution in [-0.2, 0) is 0 Å². The zero-order valence-corrected chi connectivity index (χ0v) is 29.3. The number of para-hydroxylation sites is 6. The third kappa shape index (κ3) is 4.66. The third-order valence-electron chi connectivity index (χ3n) is 10.2. The molecule has 12 rings (SSSR count). The molecule has 0 atom stereocenters. The van der Waals surface area contributed by atoms with Gasteiger partial charge in [-0.15, -0.1) is 0 Å². The van der Waals surface area contributed by atoms with E-state index in [0.717, 1.165) is 9.13 Å². The van der Waals surface area contributed by atoms with Crippen molar-refractivity contribution in [2.75, 3.05) is 0 Å². The molecular weight excluding hydrogens is 691 g/mol. The standard InChI is InChI=1S/C54H35N3/c1-3-17-36(18-4-1)39-25-15-26-40(37-19-5-2-6-20-37)53(39)57-50-31-14-9-23-43(50)45-27-16-32-52(54(45)57)56-49-30-13-10-24-44(49)46-35-38(33-34-51(46)56)55-47-28-11-7-21-41(47)42-22-8-12-29-48(42)55/h1-35H/i7D,8D,9D,10D,11D,12D,13D,14D,16D,21D,22D,23D,24D,27D,28D,29D,30D,31D,32D,33D,34D,35D. The van der Waals surface area contributed by atoms with Crippen LogP contribution in [0.15, 0.2) is 212 Å². The van der Waals surface area contributed by atoms with Gasteiger partial charge >= 0.3 is 0 Å². The van der Waals surface area contributed by atoms with Gasteiger partial charge in [-0.2, -0.15) is 0 Å². The maximum atomic E-state index is 10.2. The van der Waals surface area contributed by atoms with Crippen molar-refractivity contribution in [3.8, 4) is 39.3 Å². The Morgan fingerprint density at radius 2 is 0.789 bits per heavy atom. The van der Waals surface area contributed by atoms with E-state index in [1.54, 1.807) is 78.9 Å². The fraction of sp³-hybridized carbons (Fsp3) is 0. The number of nitrogens with zero attached hydrogens (tertiary/aromatic N) is 3. The summed E-state index contributed by atoms with van der Waals surface area (Å²) in [6, 6.07) is 6.18. The maximum Gasteiger partial charge on any atom is 0.0782 e. The Bertz CT molecular complexity index is 4660. The molecule has 0 bridgehead atoms. The van der Waals surface area contributed by atoms with Crippen molar-refractivity contribution in [3.63, 3.8) is 0 Å². The molecule has 0 unspecified atom stereocenters. The summed E-state index contributed by atoms with van der Waals surface area (Å²) < 4.78 is 208. The van der Waals surface area contributed by atoms with Crippen molar-refractivity contribution in [1.29, 1.82) is 0 Å². The molecule has 3 aromatic heterocycles. The topological polar surface area (TPSA) is 14.8 Å². The summed E-state index contributed by atoms with van der Waals surface area (Å²) in [5, 5.41) is -2.37. The zero-order valence-electron chi connectivity index (χ0n) is 51.3. The Hall–Kier alpha value is -7.62. The van der Waals surface area contributed by atoms with Gasteiger partial charge in [0.1, 0.15) is 0 Å². The molecule has 0 spiro atoms. The van der Waals surface area contributed by atoms with Gasteiger partial charge < -0.3 is 13.7 Å². The molecule has 0 amide bonds. The molecule has 0 aliphatic rings. The number of benzene rings is 9. The molecule has 0 saturated carbocycles. The van der Waals surface area contributed by atoms with Crippen LogP contribution in [-0.4, -0.2) is 13.7 Å². The van der Waals surface area contributed by atoms with Gasteiger partial charge in [0.2, 0.25) is 0 Å². The molecule has 3 nitrogen and oxygen atoms in total. The van der Waals surface area contributed by atoms with E-state index in [-0.39, 0.29) is 27.5 Å². The van der Waals surface area contributed by atoms with Crippen molar-refractivity contribution >= 4 is 65.4 Å². The molecular formula is C54H35N3. The summed E-state index contributed by atoms with van der Waals surface area (Å²) in [5.41, 5.74) is -1.39. The van der Waals surface area contributed by atoms with E-state index in [0.29, 0.717) is 22.3 Å². The lowest BCUT2D eigenvalue weighted by molar-refractivity contribution is 1.13. The third-order valence-corrected chi connectivity index (χ3v) is 10.2. The highest BCUT2D eigenvalue weighted by Gasteiger charge is 2.24. The number of rotatable bonds is 5. The van der Waals surface area contributed by atoms with Crippen LogP contribution in [0.25, 0.3) is 105 Å². The minimum absolute atomic E-state index is 0.222. The first-order valence-corrected chi connectivity index (χ1v) is 17.8. The van der Waals surface area contributed by atoms with E-state index < -0.39 is 188 Å². The largest absolute Gasteiger partial charge is 0.309 e. The summed E-state index contributed by atoms with van der Waals surface area (Å²) in [6.45, 7) is 0. The van der Waals surface area contributed by atoms with Gasteiger partial charge in [-0.1, -0.05) is 163 Å². The lowest BCUT2D eigenvalue weighted by atomic mass is 9.95. The van der Waals surface area contributed by atoms with Gasteiger partial charge in [0.25, 0.3) is 0 Å². The van der Waals surface area contributed by atoms with Crippen molar-refractivity contribution in [3.05, 3.63) is 212 Å². The number of hydrogen-bond acceptors (Lipinski definition) is 0. The molecule has 57 heavy (non-hydrogen) atoms. The maximum absolute atomic E-state index is 10.2. The average Bonchev–Trinajstić information content (AvgIpc) is 2.55. The van der Waals surface area contributed by atoms with Crippen molar-refractivity contribution in [2.45, 2.75) is 0 Å². The summed E-state index contributed by atoms with van der Waals surface area (Å²) in [5.74, 6) is 0. The van der Waals surface area contributed by atoms with E-state index >= 15 is 0 Å². The second-order valence-electron chi connectivity index (χ2n) is 13.2. The van der Waals surface area contributed by atoms with E-state index in [1.807, 2.05) is 0 Å². The van der Waals surface area contributed by atoms with Gasteiger partial charge in [0.05, 0.1) is 74.6 Å². The molecule has 3 heterocycles. The molecule has 0 N–H and O–H groups in total. The van der Waals surface area contributed by atoms with Gasteiger partial charge in [-0.25, -0.2) is 0 Å². The summed E-state index contributed by atoms with van der Waals surface area (Å²) in [4.78, 5) is 0. The molecule has 12 aromatic rings. The van der Waals surface area contributed by atoms with E-state index in [2.05, 4.69) is 0 Å². The number of hydrogen-bond donors (Lipinski definition) is 0. The Morgan fingerprint density at radius 3 is 1.37 bits per heavy atom. The predicted octanol–water partition coefficient (Wildman–Crippen LogP) is 14.3. The molecule has 0 radical (unpaired) electrons. The normalized spacial score (nSPS) is 17.3. The lowest BCUT2D eigenvalue weighted by Gasteiger charge is -2.21. The second kappa shape index (κ2) is 12.5. The first-order valence-electron chi connectivity index (χ1n) is 28.8. The first-order chi connectivity index (χ1) is 37.5. The molecule has 266 valence electrons. The molecule has 0 aliphatic heterocycles. The van der Waals surface area contributed by atoms with Crippen molar-refractivity contribution in [1.82, 2.24) is 13.7 Å². The Balaban J connectivity index is 1.39. The summed E-state index contributed by atoms with van der Waals surface area (Å²) in [6.07, 6.45) is 0. The van der Waals surface area contributed by atoms with Gasteiger partial charge in [0.15, 0.2) is 0 Å². The quantitative estimate of drug-likeness (QED) is 0.167. The summed E-state index contributed by atoms with van der Waals surface area (Å²) in [7, 11) is 0. The predicted molar refractivity (Wildman–Crippen MR) is 240 cm³/mol. The highest BCUT2D eigenvalue weighted by Crippen LogP contribution is 2.45. The Morgan fingerprint density at radius 1 is 0.333 bits per heavy atom. The average molecular weight is 748 g/mol. The Labute approximate surface area is 360 Å². The summed E-state index contributed by atoms with van der Waals surface area (Å²) >= 11 is 0. The molecule has 3 heteroatoms. The molecule has 0 aliphatic carbocycles. The van der Waals surface area contributed by atoms with Crippen LogP contribution in [0.2, 0.25) is 0 Å². The van der Waals surface area contributed by atoms with Gasteiger partial charge in [-0.05, 0) is 59.5 Å². The number of fused-ring (bicyclic) bond motifs is 9. The molecule has 0 fully saturated rings. The highest BCUT2D eigenvalue weighted by molar-refractivity contribution is 6.16. The zero-order chi connectivity index (χ0) is 56.6. The minimum Gasteiger partial charge on any atom is -0.309 e. The second-order valence-corrected chi connectivity index (χ2v) is 13.2. The smallest absolute Gasteiger partial charge is 0.0782 e. The van der Waals surface area contributed by atoms with Crippen LogP contribution in [0.4, 0.5) is 0 Å². The fourth-order valence-corrected chi connectivity index (χ4v) is 7.91. The van der Waals surface area contributed by atoms with Crippen LogP contribution in [0.3, 0.4) is 0 Å².